The molecule has 1 amide bonds. The molecule has 0 atom stereocenters. The lowest BCUT2D eigenvalue weighted by molar-refractivity contribution is -0.115. The number of carbonyl (C=O) groups is 1. The third-order valence-corrected chi connectivity index (χ3v) is 3.08. The van der Waals surface area contributed by atoms with Crippen molar-refractivity contribution in [3.8, 4) is 0 Å². The van der Waals surface area contributed by atoms with Crippen molar-refractivity contribution in [2.45, 2.75) is 6.92 Å². The number of hydrogen-bond donors (Lipinski definition) is 1. The minimum absolute atomic E-state index is 0.188. The fourth-order valence-electron chi connectivity index (χ4n) is 2.05. The lowest BCUT2D eigenvalue weighted by Crippen LogP contribution is -2.25. The van der Waals surface area contributed by atoms with Gasteiger partial charge in [0.1, 0.15) is 11.5 Å². The molecule has 1 aliphatic rings. The Hall–Kier alpha value is -2.75. The van der Waals surface area contributed by atoms with Crippen LogP contribution in [0.25, 0.3) is 6.08 Å². The number of rotatable bonds is 2. The summed E-state index contributed by atoms with van der Waals surface area (Å²) >= 11 is 0. The van der Waals surface area contributed by atoms with Crippen LogP contribution in [0.3, 0.4) is 0 Å². The number of aryl methyl sites for hydroxylation is 1. The molecular formula is C16H13N3O. The zero-order valence-electron chi connectivity index (χ0n) is 11.0. The summed E-state index contributed by atoms with van der Waals surface area (Å²) in [6.07, 6.45) is 5.12. The molecule has 20 heavy (non-hydrogen) atoms. The van der Waals surface area contributed by atoms with Crippen molar-refractivity contribution in [2.75, 3.05) is 0 Å². The smallest absolute Gasteiger partial charge is 0.275 e. The first-order valence-corrected chi connectivity index (χ1v) is 6.32. The fraction of sp³-hybridized carbons (Fsp3) is 0.0625. The zero-order chi connectivity index (χ0) is 13.9. The van der Waals surface area contributed by atoms with E-state index in [-0.39, 0.29) is 5.91 Å². The molecule has 4 heteroatoms. The molecule has 0 aliphatic carbocycles. The van der Waals surface area contributed by atoms with Crippen molar-refractivity contribution in [3.05, 3.63) is 71.2 Å². The van der Waals surface area contributed by atoms with Gasteiger partial charge in [0.25, 0.3) is 5.91 Å². The third kappa shape index (κ3) is 2.36. The Kier molecular flexibility index (Phi) is 3.13. The van der Waals surface area contributed by atoms with Crippen molar-refractivity contribution >= 4 is 17.8 Å². The van der Waals surface area contributed by atoms with Crippen LogP contribution in [0.4, 0.5) is 0 Å². The third-order valence-electron chi connectivity index (χ3n) is 3.08. The van der Waals surface area contributed by atoms with Gasteiger partial charge >= 0.3 is 0 Å². The van der Waals surface area contributed by atoms with E-state index in [2.05, 4.69) is 15.3 Å². The standard InChI is InChI=1S/C16H13N3O/c1-11-5-2-3-7-13(11)15-18-14(16(20)19-15)9-12-6-4-8-17-10-12/h2-10H,1H3,(H,18,19,20)/b14-9+. The van der Waals surface area contributed by atoms with Crippen LogP contribution >= 0.6 is 0 Å². The van der Waals surface area contributed by atoms with Crippen molar-refractivity contribution in [1.82, 2.24) is 10.3 Å². The number of amidine groups is 1. The van der Waals surface area contributed by atoms with Gasteiger partial charge in [0.05, 0.1) is 0 Å². The zero-order valence-corrected chi connectivity index (χ0v) is 11.0. The number of aromatic nitrogens is 1. The number of benzene rings is 1. The second-order valence-corrected chi connectivity index (χ2v) is 4.55. The fourth-order valence-corrected chi connectivity index (χ4v) is 2.05. The van der Waals surface area contributed by atoms with E-state index in [9.17, 15) is 4.79 Å². The molecule has 0 unspecified atom stereocenters. The molecule has 0 spiro atoms. The second-order valence-electron chi connectivity index (χ2n) is 4.55. The van der Waals surface area contributed by atoms with Gasteiger partial charge in [-0.3, -0.25) is 9.78 Å². The highest BCUT2D eigenvalue weighted by molar-refractivity contribution is 6.20. The molecule has 0 fully saturated rings. The summed E-state index contributed by atoms with van der Waals surface area (Å²) in [5, 5.41) is 2.80. The van der Waals surface area contributed by atoms with Crippen molar-refractivity contribution < 1.29 is 4.79 Å². The van der Waals surface area contributed by atoms with E-state index < -0.39 is 0 Å². The highest BCUT2D eigenvalue weighted by Gasteiger charge is 2.21. The number of aliphatic imine (C=N–C) groups is 1. The highest BCUT2D eigenvalue weighted by Crippen LogP contribution is 2.16. The summed E-state index contributed by atoms with van der Waals surface area (Å²) in [7, 11) is 0. The minimum atomic E-state index is -0.188. The van der Waals surface area contributed by atoms with Gasteiger partial charge in [-0.05, 0) is 30.2 Å². The number of pyridine rings is 1. The van der Waals surface area contributed by atoms with Gasteiger partial charge in [-0.2, -0.15) is 0 Å². The quantitative estimate of drug-likeness (QED) is 0.845. The number of amides is 1. The summed E-state index contributed by atoms with van der Waals surface area (Å²) in [5.41, 5.74) is 3.27. The van der Waals surface area contributed by atoms with Gasteiger partial charge in [0.15, 0.2) is 0 Å². The van der Waals surface area contributed by atoms with Gasteiger partial charge in [0, 0.05) is 18.0 Å². The summed E-state index contributed by atoms with van der Waals surface area (Å²) in [6, 6.07) is 11.5. The maximum absolute atomic E-state index is 12.0. The molecule has 1 aromatic heterocycles. The van der Waals surface area contributed by atoms with Crippen LogP contribution in [0.15, 0.2) is 59.5 Å². The molecule has 1 N–H and O–H groups in total. The Bertz CT molecular complexity index is 718. The SMILES string of the molecule is Cc1ccccc1C1=N/C(=C/c2cccnc2)C(=O)N1. The molecule has 2 heterocycles. The summed E-state index contributed by atoms with van der Waals surface area (Å²) in [6.45, 7) is 1.99. The van der Waals surface area contributed by atoms with Crippen molar-refractivity contribution in [1.29, 1.82) is 0 Å². The van der Waals surface area contributed by atoms with E-state index in [0.717, 1.165) is 16.7 Å². The predicted molar refractivity (Wildman–Crippen MR) is 78.1 cm³/mol. The largest absolute Gasteiger partial charge is 0.305 e. The van der Waals surface area contributed by atoms with Crippen LogP contribution in [-0.2, 0) is 4.79 Å². The summed E-state index contributed by atoms with van der Waals surface area (Å²) < 4.78 is 0. The first-order valence-electron chi connectivity index (χ1n) is 6.32. The van der Waals surface area contributed by atoms with Gasteiger partial charge < -0.3 is 5.32 Å². The Morgan fingerprint density at radius 3 is 2.75 bits per heavy atom. The highest BCUT2D eigenvalue weighted by atomic mass is 16.2. The second kappa shape index (κ2) is 5.09. The summed E-state index contributed by atoms with van der Waals surface area (Å²) in [5.74, 6) is 0.412. The number of nitrogens with zero attached hydrogens (tertiary/aromatic N) is 2. The minimum Gasteiger partial charge on any atom is -0.305 e. The molecule has 1 aliphatic heterocycles. The van der Waals surface area contributed by atoms with E-state index in [1.54, 1.807) is 18.5 Å². The molecule has 3 rings (SSSR count). The first-order chi connectivity index (χ1) is 9.74. The summed E-state index contributed by atoms with van der Waals surface area (Å²) in [4.78, 5) is 20.4. The average molecular weight is 263 g/mol. The molecule has 98 valence electrons. The molecular weight excluding hydrogens is 250 g/mol. The van der Waals surface area contributed by atoms with E-state index in [1.807, 2.05) is 43.3 Å². The van der Waals surface area contributed by atoms with E-state index >= 15 is 0 Å². The van der Waals surface area contributed by atoms with Crippen molar-refractivity contribution in [3.63, 3.8) is 0 Å². The molecule has 4 nitrogen and oxygen atoms in total. The molecule has 1 aromatic carbocycles. The number of nitrogens with one attached hydrogen (secondary N) is 1. The Morgan fingerprint density at radius 2 is 2.00 bits per heavy atom. The predicted octanol–water partition coefficient (Wildman–Crippen LogP) is 2.31. The van der Waals surface area contributed by atoms with Crippen LogP contribution in [0.1, 0.15) is 16.7 Å². The van der Waals surface area contributed by atoms with E-state index in [0.29, 0.717) is 11.5 Å². The molecule has 0 radical (unpaired) electrons. The average Bonchev–Trinajstić information content (AvgIpc) is 2.81. The maximum Gasteiger partial charge on any atom is 0.275 e. The lowest BCUT2D eigenvalue weighted by atomic mass is 10.1. The van der Waals surface area contributed by atoms with Gasteiger partial charge in [0.2, 0.25) is 0 Å². The maximum atomic E-state index is 12.0. The Labute approximate surface area is 116 Å². The van der Waals surface area contributed by atoms with Gasteiger partial charge in [-0.25, -0.2) is 4.99 Å². The molecule has 0 saturated carbocycles. The van der Waals surface area contributed by atoms with Crippen LogP contribution in [0.2, 0.25) is 0 Å². The van der Waals surface area contributed by atoms with Crippen molar-refractivity contribution in [2.24, 2.45) is 4.99 Å². The monoisotopic (exact) mass is 263 g/mol. The van der Waals surface area contributed by atoms with Crippen LogP contribution in [0.5, 0.6) is 0 Å². The normalized spacial score (nSPS) is 16.1. The van der Waals surface area contributed by atoms with E-state index in [4.69, 9.17) is 0 Å². The number of carbonyl (C=O) groups excluding carboxylic acids is 1. The lowest BCUT2D eigenvalue weighted by Gasteiger charge is -2.03. The Balaban J connectivity index is 1.98. The van der Waals surface area contributed by atoms with Crippen LogP contribution in [0, 0.1) is 6.92 Å². The van der Waals surface area contributed by atoms with Gasteiger partial charge in [-0.1, -0.05) is 30.3 Å². The van der Waals surface area contributed by atoms with Crippen LogP contribution in [-0.4, -0.2) is 16.7 Å². The van der Waals surface area contributed by atoms with Crippen LogP contribution < -0.4 is 5.32 Å². The van der Waals surface area contributed by atoms with E-state index in [1.165, 1.54) is 0 Å². The first kappa shape index (κ1) is 12.3. The topological polar surface area (TPSA) is 54.4 Å². The molecule has 0 saturated heterocycles. The molecule has 0 bridgehead atoms. The number of hydrogen-bond acceptors (Lipinski definition) is 3. The van der Waals surface area contributed by atoms with Gasteiger partial charge in [-0.15, -0.1) is 0 Å². The molecule has 2 aromatic rings. The Morgan fingerprint density at radius 1 is 1.15 bits per heavy atom.